The highest BCUT2D eigenvalue weighted by Crippen LogP contribution is 2.27. The Kier molecular flexibility index (Phi) is 5.57. The van der Waals surface area contributed by atoms with E-state index < -0.39 is 0 Å². The van der Waals surface area contributed by atoms with E-state index in [4.69, 9.17) is 9.72 Å². The Labute approximate surface area is 157 Å². The van der Waals surface area contributed by atoms with E-state index in [1.165, 1.54) is 23.4 Å². The molecule has 1 amide bonds. The molecule has 26 heavy (non-hydrogen) atoms. The number of carbonyl (C=O) groups is 1. The van der Waals surface area contributed by atoms with Gasteiger partial charge >= 0.3 is 0 Å². The highest BCUT2D eigenvalue weighted by Gasteiger charge is 2.29. The number of aromatic nitrogens is 2. The maximum Gasteiger partial charge on any atom is 0.242 e. The van der Waals surface area contributed by atoms with Crippen LogP contribution in [0.15, 0.2) is 24.5 Å². The quantitative estimate of drug-likeness (QED) is 0.871. The van der Waals surface area contributed by atoms with Gasteiger partial charge in [-0.1, -0.05) is 6.07 Å². The van der Waals surface area contributed by atoms with E-state index in [9.17, 15) is 4.79 Å². The number of thiazole rings is 1. The molecule has 2 aliphatic rings. The molecule has 3 heterocycles. The van der Waals surface area contributed by atoms with Crippen LogP contribution in [0.25, 0.3) is 0 Å². The van der Waals surface area contributed by atoms with Crippen LogP contribution in [0.2, 0.25) is 0 Å². The van der Waals surface area contributed by atoms with Crippen LogP contribution in [0.3, 0.4) is 0 Å². The van der Waals surface area contributed by atoms with E-state index in [2.05, 4.69) is 15.2 Å². The summed E-state index contributed by atoms with van der Waals surface area (Å²) in [5.74, 6) is 0.00747. The number of aryl methyl sites for hydroxylation is 2. The molecule has 7 heteroatoms. The lowest BCUT2D eigenvalue weighted by Crippen LogP contribution is -2.45. The van der Waals surface area contributed by atoms with Gasteiger partial charge in [0.2, 0.25) is 5.91 Å². The molecular weight excluding hydrogens is 348 g/mol. The second-order valence-electron chi connectivity index (χ2n) is 6.74. The average Bonchev–Trinajstić information content (AvgIpc) is 3.11. The van der Waals surface area contributed by atoms with E-state index >= 15 is 0 Å². The highest BCUT2D eigenvalue weighted by molar-refractivity contribution is 7.11. The zero-order valence-corrected chi connectivity index (χ0v) is 15.6. The van der Waals surface area contributed by atoms with Gasteiger partial charge in [-0.25, -0.2) is 4.98 Å². The molecule has 4 rings (SSSR count). The molecule has 0 unspecified atom stereocenters. The second kappa shape index (κ2) is 8.24. The minimum Gasteiger partial charge on any atom is -0.379 e. The van der Waals surface area contributed by atoms with Gasteiger partial charge in [0.1, 0.15) is 11.0 Å². The van der Waals surface area contributed by atoms with Crippen LogP contribution in [0.4, 0.5) is 0 Å². The Morgan fingerprint density at radius 3 is 2.92 bits per heavy atom. The Hall–Kier alpha value is -1.83. The summed E-state index contributed by atoms with van der Waals surface area (Å²) >= 11 is 1.75. The van der Waals surface area contributed by atoms with Crippen LogP contribution in [-0.2, 0) is 28.9 Å². The van der Waals surface area contributed by atoms with Crippen LogP contribution in [-0.4, -0.2) is 47.1 Å². The number of hydrogen-bond donors (Lipinski definition) is 1. The van der Waals surface area contributed by atoms with Crippen molar-refractivity contribution in [3.05, 3.63) is 45.7 Å². The fourth-order valence-corrected chi connectivity index (χ4v) is 4.74. The first-order valence-electron chi connectivity index (χ1n) is 9.28. The molecular formula is C19H24N4O2S. The molecule has 1 aliphatic heterocycles. The Morgan fingerprint density at radius 1 is 1.31 bits per heavy atom. The molecule has 0 radical (unpaired) electrons. The molecule has 1 fully saturated rings. The lowest BCUT2D eigenvalue weighted by Gasteiger charge is -2.33. The van der Waals surface area contributed by atoms with Crippen molar-refractivity contribution in [2.75, 3.05) is 26.3 Å². The monoisotopic (exact) mass is 372 g/mol. The number of rotatable bonds is 5. The van der Waals surface area contributed by atoms with Crippen molar-refractivity contribution in [3.63, 3.8) is 0 Å². The first-order valence-corrected chi connectivity index (χ1v) is 10.1. The third-order valence-corrected chi connectivity index (χ3v) is 6.12. The van der Waals surface area contributed by atoms with Crippen molar-refractivity contribution in [2.24, 2.45) is 0 Å². The molecule has 1 atom stereocenters. The first-order chi connectivity index (χ1) is 12.8. The zero-order chi connectivity index (χ0) is 17.8. The van der Waals surface area contributed by atoms with E-state index in [0.717, 1.165) is 36.5 Å². The molecule has 1 saturated heterocycles. The highest BCUT2D eigenvalue weighted by atomic mass is 32.1. The maximum absolute atomic E-state index is 13.0. The minimum atomic E-state index is -0.331. The second-order valence-corrected chi connectivity index (χ2v) is 7.91. The molecule has 1 aliphatic carbocycles. The third kappa shape index (κ3) is 3.95. The van der Waals surface area contributed by atoms with Gasteiger partial charge in [0.05, 0.1) is 25.5 Å². The summed E-state index contributed by atoms with van der Waals surface area (Å²) in [6, 6.07) is 3.52. The average molecular weight is 372 g/mol. The molecule has 0 aromatic carbocycles. The van der Waals surface area contributed by atoms with Gasteiger partial charge in [-0.2, -0.15) is 0 Å². The van der Waals surface area contributed by atoms with Crippen LogP contribution < -0.4 is 5.32 Å². The number of amides is 1. The van der Waals surface area contributed by atoms with Gasteiger partial charge in [-0.05, 0) is 37.3 Å². The molecule has 2 aromatic heterocycles. The van der Waals surface area contributed by atoms with Gasteiger partial charge < -0.3 is 10.1 Å². The number of fused-ring (bicyclic) bond motifs is 1. The smallest absolute Gasteiger partial charge is 0.242 e. The zero-order valence-electron chi connectivity index (χ0n) is 14.8. The lowest BCUT2D eigenvalue weighted by molar-refractivity contribution is -0.128. The van der Waals surface area contributed by atoms with E-state index in [1.54, 1.807) is 23.7 Å². The minimum absolute atomic E-state index is 0.00747. The van der Waals surface area contributed by atoms with Gasteiger partial charge in [0, 0.05) is 30.4 Å². The summed E-state index contributed by atoms with van der Waals surface area (Å²) in [5.41, 5.74) is 2.16. The largest absolute Gasteiger partial charge is 0.379 e. The molecule has 6 nitrogen and oxygen atoms in total. The topological polar surface area (TPSA) is 67.4 Å². The normalized spacial score (nSPS) is 18.9. The van der Waals surface area contributed by atoms with Crippen LogP contribution in [0.1, 0.15) is 40.0 Å². The first kappa shape index (κ1) is 17.6. The van der Waals surface area contributed by atoms with Crippen molar-refractivity contribution in [3.8, 4) is 0 Å². The van der Waals surface area contributed by atoms with Crippen molar-refractivity contribution >= 4 is 17.2 Å². The van der Waals surface area contributed by atoms with Gasteiger partial charge in [0.25, 0.3) is 0 Å². The summed E-state index contributed by atoms with van der Waals surface area (Å²) in [4.78, 5) is 25.5. The van der Waals surface area contributed by atoms with Crippen LogP contribution >= 0.6 is 11.3 Å². The number of hydrogen-bond acceptors (Lipinski definition) is 6. The summed E-state index contributed by atoms with van der Waals surface area (Å²) in [6.07, 6.45) is 8.20. The van der Waals surface area contributed by atoms with Crippen LogP contribution in [0.5, 0.6) is 0 Å². The van der Waals surface area contributed by atoms with Gasteiger partial charge in [-0.3, -0.25) is 14.7 Å². The maximum atomic E-state index is 13.0. The third-order valence-electron chi connectivity index (χ3n) is 4.96. The predicted octanol–water partition coefficient (Wildman–Crippen LogP) is 2.11. The summed E-state index contributed by atoms with van der Waals surface area (Å²) in [7, 11) is 0. The Bertz CT molecular complexity index is 720. The van der Waals surface area contributed by atoms with E-state index in [1.807, 2.05) is 12.1 Å². The number of nitrogens with zero attached hydrogens (tertiary/aromatic N) is 3. The molecule has 0 spiro atoms. The molecule has 0 saturated carbocycles. The fourth-order valence-electron chi connectivity index (χ4n) is 3.64. The van der Waals surface area contributed by atoms with Crippen molar-refractivity contribution < 1.29 is 9.53 Å². The standard InChI is InChI=1S/C19H24N4O2S/c24-19(21-13-17-22-15-5-1-2-6-16(15)26-17)18(14-4-3-7-20-12-14)23-8-10-25-11-9-23/h3-4,7,12,18H,1-2,5-6,8-11,13H2,(H,21,24)/t18-/m0/s1. The molecule has 0 bridgehead atoms. The van der Waals surface area contributed by atoms with Crippen molar-refractivity contribution in [1.29, 1.82) is 0 Å². The molecule has 2 aromatic rings. The number of carbonyl (C=O) groups excluding carboxylic acids is 1. The fraction of sp³-hybridized carbons (Fsp3) is 0.526. The predicted molar refractivity (Wildman–Crippen MR) is 100.0 cm³/mol. The molecule has 1 N–H and O–H groups in total. The van der Waals surface area contributed by atoms with Gasteiger partial charge in [0.15, 0.2) is 0 Å². The summed E-state index contributed by atoms with van der Waals surface area (Å²) in [5, 5.41) is 4.11. The Morgan fingerprint density at radius 2 is 2.15 bits per heavy atom. The number of ether oxygens (including phenoxy) is 1. The SMILES string of the molecule is O=C(NCc1nc2c(s1)CCCC2)[C@H](c1cccnc1)N1CCOCC1. The number of pyridine rings is 1. The Balaban J connectivity index is 1.46. The number of morpholine rings is 1. The lowest BCUT2D eigenvalue weighted by atomic mass is 10.0. The summed E-state index contributed by atoms with van der Waals surface area (Å²) in [6.45, 7) is 3.31. The molecule has 138 valence electrons. The summed E-state index contributed by atoms with van der Waals surface area (Å²) < 4.78 is 5.44. The van der Waals surface area contributed by atoms with Crippen LogP contribution in [0, 0.1) is 0 Å². The van der Waals surface area contributed by atoms with Crippen molar-refractivity contribution in [1.82, 2.24) is 20.2 Å². The van der Waals surface area contributed by atoms with E-state index in [-0.39, 0.29) is 11.9 Å². The number of nitrogens with one attached hydrogen (secondary N) is 1. The van der Waals surface area contributed by atoms with Gasteiger partial charge in [-0.15, -0.1) is 11.3 Å². The van der Waals surface area contributed by atoms with E-state index in [0.29, 0.717) is 19.8 Å². The van der Waals surface area contributed by atoms with Crippen molar-refractivity contribution in [2.45, 2.75) is 38.3 Å².